The molecular weight excluding hydrogens is 124 g/mol. The van der Waals surface area contributed by atoms with E-state index >= 15 is 0 Å². The molecule has 0 aromatic heterocycles. The van der Waals surface area contributed by atoms with Crippen molar-refractivity contribution in [3.63, 3.8) is 0 Å². The van der Waals surface area contributed by atoms with Gasteiger partial charge >= 0.3 is 0 Å². The highest BCUT2D eigenvalue weighted by atomic mass is 15.0. The molecule has 0 heterocycles. The molecule has 0 saturated carbocycles. The Morgan fingerprint density at radius 1 is 1.00 bits per heavy atom. The standard InChI is InChI=1S/C3H9N.C2H7N.C2H4.CH4/c1-4(2)3;1-3-2;1-2;/h1-3H3;3H,1-2H3;1-2H2;1H4/p+2. The second kappa shape index (κ2) is 37.9. The molecule has 0 radical (unpaired) electrons. The summed E-state index contributed by atoms with van der Waals surface area (Å²) in [6, 6.07) is 0. The van der Waals surface area contributed by atoms with Gasteiger partial charge in [0.25, 0.3) is 0 Å². The molecule has 2 heteroatoms. The van der Waals surface area contributed by atoms with Crippen molar-refractivity contribution in [1.82, 2.24) is 0 Å². The minimum atomic E-state index is 0. The summed E-state index contributed by atoms with van der Waals surface area (Å²) < 4.78 is 0. The molecule has 0 aromatic rings. The van der Waals surface area contributed by atoms with Gasteiger partial charge in [0.05, 0.1) is 35.2 Å². The summed E-state index contributed by atoms with van der Waals surface area (Å²) in [7, 11) is 10.2. The van der Waals surface area contributed by atoms with Crippen molar-refractivity contribution in [3.05, 3.63) is 13.2 Å². The topological polar surface area (TPSA) is 21.1 Å². The van der Waals surface area contributed by atoms with E-state index in [0.717, 1.165) is 0 Å². The first-order valence-electron chi connectivity index (χ1n) is 3.15. The van der Waals surface area contributed by atoms with Crippen LogP contribution in [0, 0.1) is 0 Å². The molecule has 0 spiro atoms. The lowest BCUT2D eigenvalue weighted by Crippen LogP contribution is -3.02. The Morgan fingerprint density at radius 2 is 1.00 bits per heavy atom. The Balaban J connectivity index is -0.0000000273. The molecule has 0 aromatic carbocycles. The zero-order chi connectivity index (χ0) is 8.28. The molecular formula is C8H26N2+2. The predicted molar refractivity (Wildman–Crippen MR) is 50.5 cm³/mol. The zero-order valence-electron chi connectivity index (χ0n) is 7.49. The lowest BCUT2D eigenvalue weighted by Gasteiger charge is -1.88. The highest BCUT2D eigenvalue weighted by molar-refractivity contribution is 4.22. The number of nitrogens with one attached hydrogen (secondary N) is 1. The van der Waals surface area contributed by atoms with E-state index in [-0.39, 0.29) is 7.43 Å². The van der Waals surface area contributed by atoms with Gasteiger partial charge in [-0.1, -0.05) is 7.43 Å². The maximum atomic E-state index is 3.00. The van der Waals surface area contributed by atoms with E-state index in [9.17, 15) is 0 Å². The van der Waals surface area contributed by atoms with Gasteiger partial charge in [-0.15, -0.1) is 13.2 Å². The van der Waals surface area contributed by atoms with Crippen LogP contribution in [-0.4, -0.2) is 35.2 Å². The Hall–Kier alpha value is -0.340. The predicted octanol–water partition coefficient (Wildman–Crippen LogP) is -0.992. The van der Waals surface area contributed by atoms with Crippen LogP contribution in [0.2, 0.25) is 0 Å². The monoisotopic (exact) mass is 150 g/mol. The summed E-state index contributed by atoms with van der Waals surface area (Å²) >= 11 is 0. The third-order valence-electron chi connectivity index (χ3n) is 0. The Kier molecular flexibility index (Phi) is 85.8. The molecule has 0 saturated heterocycles. The average molecular weight is 150 g/mol. The minimum absolute atomic E-state index is 0. The molecule has 2 nitrogen and oxygen atoms in total. The molecule has 66 valence electrons. The number of hydrogen-bond donors (Lipinski definition) is 2. The molecule has 0 rings (SSSR count). The van der Waals surface area contributed by atoms with Crippen LogP contribution < -0.4 is 10.2 Å². The smallest absolute Gasteiger partial charge is 0.0661 e. The minimum Gasteiger partial charge on any atom is -0.351 e. The first-order chi connectivity index (χ1) is 4.15. The van der Waals surface area contributed by atoms with Crippen LogP contribution in [0.5, 0.6) is 0 Å². The third kappa shape index (κ3) is 2940. The average Bonchev–Trinajstić information content (AvgIpc) is 1.71. The number of nitrogens with two attached hydrogens (primary N) is 1. The van der Waals surface area contributed by atoms with Crippen LogP contribution >= 0.6 is 0 Å². The quantitative estimate of drug-likeness (QED) is 0.414. The van der Waals surface area contributed by atoms with E-state index in [4.69, 9.17) is 0 Å². The van der Waals surface area contributed by atoms with Crippen molar-refractivity contribution in [3.8, 4) is 0 Å². The van der Waals surface area contributed by atoms with Gasteiger partial charge in [0.2, 0.25) is 0 Å². The fourth-order valence-electron chi connectivity index (χ4n) is 0. The van der Waals surface area contributed by atoms with Gasteiger partial charge in [0, 0.05) is 0 Å². The van der Waals surface area contributed by atoms with Gasteiger partial charge in [-0.05, 0) is 0 Å². The molecule has 10 heavy (non-hydrogen) atoms. The normalized spacial score (nSPS) is 5.80. The van der Waals surface area contributed by atoms with E-state index < -0.39 is 0 Å². The summed E-state index contributed by atoms with van der Waals surface area (Å²) in [6.45, 7) is 6.00. The van der Waals surface area contributed by atoms with Crippen LogP contribution in [0.15, 0.2) is 13.2 Å². The maximum Gasteiger partial charge on any atom is 0.0661 e. The first kappa shape index (κ1) is 22.6. The van der Waals surface area contributed by atoms with Gasteiger partial charge in [-0.25, -0.2) is 0 Å². The van der Waals surface area contributed by atoms with Crippen LogP contribution in [0.3, 0.4) is 0 Å². The van der Waals surface area contributed by atoms with Crippen molar-refractivity contribution in [1.29, 1.82) is 0 Å². The summed E-state index contributed by atoms with van der Waals surface area (Å²) in [6.07, 6.45) is 0. The summed E-state index contributed by atoms with van der Waals surface area (Å²) in [5.74, 6) is 0. The van der Waals surface area contributed by atoms with Crippen molar-refractivity contribution in [2.24, 2.45) is 0 Å². The van der Waals surface area contributed by atoms with Crippen molar-refractivity contribution in [2.45, 2.75) is 7.43 Å². The van der Waals surface area contributed by atoms with Crippen molar-refractivity contribution in [2.75, 3.05) is 35.2 Å². The van der Waals surface area contributed by atoms with Gasteiger partial charge in [0.15, 0.2) is 0 Å². The molecule has 0 bridgehead atoms. The van der Waals surface area contributed by atoms with E-state index in [1.807, 2.05) is 19.4 Å². The summed E-state index contributed by atoms with van der Waals surface area (Å²) in [4.78, 5) is 1.42. The van der Waals surface area contributed by atoms with Crippen molar-refractivity contribution < 1.29 is 10.2 Å². The Morgan fingerprint density at radius 3 is 1.00 bits per heavy atom. The first-order valence-corrected chi connectivity index (χ1v) is 3.15. The molecule has 0 aliphatic heterocycles. The fraction of sp³-hybridized carbons (Fsp3) is 0.750. The number of hydrogen-bond acceptors (Lipinski definition) is 0. The molecule has 0 unspecified atom stereocenters. The second-order valence-corrected chi connectivity index (χ2v) is 2.08. The molecule has 0 aliphatic rings. The van der Waals surface area contributed by atoms with E-state index in [1.165, 1.54) is 4.90 Å². The Bertz CT molecular complexity index is 25.7. The number of quaternary nitrogens is 2. The van der Waals surface area contributed by atoms with Gasteiger partial charge in [0.1, 0.15) is 0 Å². The second-order valence-electron chi connectivity index (χ2n) is 2.08. The fourth-order valence-corrected chi connectivity index (χ4v) is 0. The molecule has 0 amide bonds. The molecule has 0 aliphatic carbocycles. The van der Waals surface area contributed by atoms with E-state index in [2.05, 4.69) is 34.3 Å². The Labute approximate surface area is 66.9 Å². The van der Waals surface area contributed by atoms with Gasteiger partial charge in [-0.3, -0.25) is 0 Å². The highest BCUT2D eigenvalue weighted by Gasteiger charge is 1.61. The lowest BCUT2D eigenvalue weighted by atomic mass is 11.0. The van der Waals surface area contributed by atoms with Crippen molar-refractivity contribution >= 4 is 0 Å². The van der Waals surface area contributed by atoms with E-state index in [1.54, 1.807) is 0 Å². The zero-order valence-corrected chi connectivity index (χ0v) is 7.49. The highest BCUT2D eigenvalue weighted by Crippen LogP contribution is 0.866. The van der Waals surface area contributed by atoms with Crippen LogP contribution in [0.25, 0.3) is 0 Å². The molecule has 0 atom stereocenters. The lowest BCUT2D eigenvalue weighted by molar-refractivity contribution is -0.836. The number of rotatable bonds is 0. The third-order valence-corrected chi connectivity index (χ3v) is 0. The van der Waals surface area contributed by atoms with Crippen LogP contribution in [0.4, 0.5) is 0 Å². The molecule has 3 N–H and O–H groups in total. The largest absolute Gasteiger partial charge is 0.351 e. The SMILES string of the molecule is C.C=C.C[NH+](C)C.C[NH2+]C. The molecule has 0 fully saturated rings. The van der Waals surface area contributed by atoms with Gasteiger partial charge in [-0.2, -0.15) is 0 Å². The maximum absolute atomic E-state index is 3.00. The van der Waals surface area contributed by atoms with Crippen LogP contribution in [0.1, 0.15) is 7.43 Å². The summed E-state index contributed by atoms with van der Waals surface area (Å²) in [5.41, 5.74) is 0. The van der Waals surface area contributed by atoms with E-state index in [0.29, 0.717) is 0 Å². The van der Waals surface area contributed by atoms with Gasteiger partial charge < -0.3 is 10.2 Å². The summed E-state index contributed by atoms with van der Waals surface area (Å²) in [5, 5.41) is 2.00. The van der Waals surface area contributed by atoms with Crippen LogP contribution in [-0.2, 0) is 0 Å².